The SMILES string of the molecule is CC(=CC(=O)NCc1ccc(=O)[nH]c1)c1ccccc1C(F)(F)F. The van der Waals surface area contributed by atoms with E-state index in [2.05, 4.69) is 10.3 Å². The number of alkyl halides is 3. The molecule has 0 saturated heterocycles. The van der Waals surface area contributed by atoms with Crippen molar-refractivity contribution in [1.29, 1.82) is 0 Å². The third-order valence-electron chi connectivity index (χ3n) is 3.32. The second-order valence-electron chi connectivity index (χ2n) is 5.15. The summed E-state index contributed by atoms with van der Waals surface area (Å²) >= 11 is 0. The number of amides is 1. The Balaban J connectivity index is 2.12. The number of nitrogens with one attached hydrogen (secondary N) is 2. The van der Waals surface area contributed by atoms with Gasteiger partial charge in [-0.2, -0.15) is 13.2 Å². The lowest BCUT2D eigenvalue weighted by Crippen LogP contribution is -2.21. The van der Waals surface area contributed by atoms with E-state index in [-0.39, 0.29) is 23.2 Å². The minimum absolute atomic E-state index is 0.0378. The molecule has 0 fully saturated rings. The molecule has 0 bridgehead atoms. The maximum Gasteiger partial charge on any atom is 0.416 e. The topological polar surface area (TPSA) is 62.0 Å². The van der Waals surface area contributed by atoms with Crippen molar-refractivity contribution in [3.8, 4) is 0 Å². The van der Waals surface area contributed by atoms with Gasteiger partial charge in [-0.15, -0.1) is 0 Å². The van der Waals surface area contributed by atoms with Gasteiger partial charge >= 0.3 is 6.18 Å². The van der Waals surface area contributed by atoms with E-state index in [1.54, 1.807) is 6.07 Å². The number of hydrogen-bond acceptors (Lipinski definition) is 2. The molecule has 24 heavy (non-hydrogen) atoms. The molecular formula is C17H15F3N2O2. The van der Waals surface area contributed by atoms with Crippen LogP contribution in [-0.2, 0) is 17.5 Å². The van der Waals surface area contributed by atoms with E-state index in [0.717, 1.165) is 12.1 Å². The molecule has 0 unspecified atom stereocenters. The number of rotatable bonds is 4. The van der Waals surface area contributed by atoms with Crippen molar-refractivity contribution in [3.63, 3.8) is 0 Å². The molecular weight excluding hydrogens is 321 g/mol. The summed E-state index contributed by atoms with van der Waals surface area (Å²) in [4.78, 5) is 25.3. The minimum atomic E-state index is -4.49. The van der Waals surface area contributed by atoms with Crippen molar-refractivity contribution in [2.75, 3.05) is 0 Å². The van der Waals surface area contributed by atoms with Gasteiger partial charge in [-0.25, -0.2) is 0 Å². The number of halogens is 3. The van der Waals surface area contributed by atoms with Crippen molar-refractivity contribution in [3.05, 3.63) is 75.7 Å². The first-order valence-electron chi connectivity index (χ1n) is 7.08. The third kappa shape index (κ3) is 4.58. The molecule has 0 saturated carbocycles. The minimum Gasteiger partial charge on any atom is -0.348 e. The fourth-order valence-corrected chi connectivity index (χ4v) is 2.14. The van der Waals surface area contributed by atoms with E-state index >= 15 is 0 Å². The summed E-state index contributed by atoms with van der Waals surface area (Å²) in [6.07, 6.45) is -1.91. The predicted molar refractivity (Wildman–Crippen MR) is 84.0 cm³/mol. The molecule has 7 heteroatoms. The van der Waals surface area contributed by atoms with Crippen molar-refractivity contribution in [2.45, 2.75) is 19.6 Å². The van der Waals surface area contributed by atoms with Gasteiger partial charge in [-0.1, -0.05) is 24.3 Å². The van der Waals surface area contributed by atoms with Gasteiger partial charge in [0.1, 0.15) is 0 Å². The van der Waals surface area contributed by atoms with E-state index in [0.29, 0.717) is 5.56 Å². The molecule has 0 aliphatic carbocycles. The molecule has 1 heterocycles. The Bertz CT molecular complexity index is 803. The van der Waals surface area contributed by atoms with Crippen LogP contribution in [0.15, 0.2) is 53.5 Å². The number of benzene rings is 1. The summed E-state index contributed by atoms with van der Waals surface area (Å²) in [7, 11) is 0. The zero-order valence-electron chi connectivity index (χ0n) is 12.8. The molecule has 0 aliphatic heterocycles. The van der Waals surface area contributed by atoms with Gasteiger partial charge in [0.15, 0.2) is 0 Å². The largest absolute Gasteiger partial charge is 0.416 e. The molecule has 0 atom stereocenters. The molecule has 2 rings (SSSR count). The lowest BCUT2D eigenvalue weighted by Gasteiger charge is -2.13. The number of pyridine rings is 1. The lowest BCUT2D eigenvalue weighted by molar-refractivity contribution is -0.137. The van der Waals surface area contributed by atoms with Gasteiger partial charge in [0.05, 0.1) is 5.56 Å². The van der Waals surface area contributed by atoms with Crippen LogP contribution >= 0.6 is 0 Å². The van der Waals surface area contributed by atoms with Gasteiger partial charge in [0.2, 0.25) is 11.5 Å². The van der Waals surface area contributed by atoms with Crippen molar-refractivity contribution >= 4 is 11.5 Å². The number of H-pyrrole nitrogens is 1. The Labute approximate surface area is 136 Å². The standard InChI is InChI=1S/C17H15F3N2O2/c1-11(13-4-2-3-5-14(13)17(18,19)20)8-16(24)22-10-12-6-7-15(23)21-9-12/h2-9H,10H2,1H3,(H,21,23)(H,22,24). The number of aromatic nitrogens is 1. The molecule has 4 nitrogen and oxygen atoms in total. The van der Waals surface area contributed by atoms with Gasteiger partial charge < -0.3 is 10.3 Å². The van der Waals surface area contributed by atoms with Gasteiger partial charge in [-0.05, 0) is 29.7 Å². The summed E-state index contributed by atoms with van der Waals surface area (Å²) in [6.45, 7) is 1.60. The molecule has 0 aliphatic rings. The molecule has 2 aromatic rings. The van der Waals surface area contributed by atoms with Crippen LogP contribution in [0.3, 0.4) is 0 Å². The Kier molecular flexibility index (Phi) is 5.23. The molecule has 2 N–H and O–H groups in total. The number of aromatic amines is 1. The van der Waals surface area contributed by atoms with Crippen LogP contribution in [-0.4, -0.2) is 10.9 Å². The normalized spacial score (nSPS) is 12.1. The van der Waals surface area contributed by atoms with Gasteiger partial charge in [0, 0.05) is 24.9 Å². The van der Waals surface area contributed by atoms with E-state index < -0.39 is 17.6 Å². The highest BCUT2D eigenvalue weighted by molar-refractivity contribution is 5.95. The van der Waals surface area contributed by atoms with E-state index in [4.69, 9.17) is 0 Å². The molecule has 126 valence electrons. The van der Waals surface area contributed by atoms with Crippen LogP contribution in [0.25, 0.3) is 5.57 Å². The molecule has 0 spiro atoms. The van der Waals surface area contributed by atoms with Crippen molar-refractivity contribution in [1.82, 2.24) is 10.3 Å². The maximum absolute atomic E-state index is 13.0. The maximum atomic E-state index is 13.0. The van der Waals surface area contributed by atoms with Crippen molar-refractivity contribution < 1.29 is 18.0 Å². The second kappa shape index (κ2) is 7.16. The molecule has 1 aromatic heterocycles. The quantitative estimate of drug-likeness (QED) is 0.843. The van der Waals surface area contributed by atoms with Crippen molar-refractivity contribution in [2.24, 2.45) is 0 Å². The zero-order valence-corrected chi connectivity index (χ0v) is 12.8. The second-order valence-corrected chi connectivity index (χ2v) is 5.15. The number of carbonyl (C=O) groups is 1. The highest BCUT2D eigenvalue weighted by Gasteiger charge is 2.33. The molecule has 1 aromatic carbocycles. The predicted octanol–water partition coefficient (Wildman–Crippen LogP) is 3.11. The average molecular weight is 336 g/mol. The average Bonchev–Trinajstić information content (AvgIpc) is 2.53. The summed E-state index contributed by atoms with van der Waals surface area (Å²) in [5, 5.41) is 2.56. The summed E-state index contributed by atoms with van der Waals surface area (Å²) < 4.78 is 39.0. The first-order chi connectivity index (χ1) is 11.3. The third-order valence-corrected chi connectivity index (χ3v) is 3.32. The molecule has 1 amide bonds. The summed E-state index contributed by atoms with van der Waals surface area (Å²) in [5.41, 5.74) is -0.201. The Morgan fingerprint density at radius 1 is 1.21 bits per heavy atom. The van der Waals surface area contributed by atoms with Crippen LogP contribution in [0.5, 0.6) is 0 Å². The first kappa shape index (κ1) is 17.5. The van der Waals surface area contributed by atoms with Crippen LogP contribution in [0, 0.1) is 0 Å². The van der Waals surface area contributed by atoms with E-state index in [1.807, 2.05) is 0 Å². The fraction of sp³-hybridized carbons (Fsp3) is 0.176. The van der Waals surface area contributed by atoms with Crippen LogP contribution in [0.1, 0.15) is 23.6 Å². The fourth-order valence-electron chi connectivity index (χ4n) is 2.14. The number of allylic oxidation sites excluding steroid dienone is 1. The van der Waals surface area contributed by atoms with Crippen LogP contribution < -0.4 is 10.9 Å². The van der Waals surface area contributed by atoms with Crippen LogP contribution in [0.4, 0.5) is 13.2 Å². The zero-order chi connectivity index (χ0) is 17.7. The van der Waals surface area contributed by atoms with Gasteiger partial charge in [-0.3, -0.25) is 9.59 Å². The first-order valence-corrected chi connectivity index (χ1v) is 7.08. The van der Waals surface area contributed by atoms with Crippen LogP contribution in [0.2, 0.25) is 0 Å². The summed E-state index contributed by atoms with van der Waals surface area (Å²) in [5.74, 6) is -0.518. The molecule has 0 radical (unpaired) electrons. The smallest absolute Gasteiger partial charge is 0.348 e. The summed E-state index contributed by atoms with van der Waals surface area (Å²) in [6, 6.07) is 7.96. The number of carbonyl (C=O) groups excluding carboxylic acids is 1. The highest BCUT2D eigenvalue weighted by Crippen LogP contribution is 2.34. The van der Waals surface area contributed by atoms with E-state index in [9.17, 15) is 22.8 Å². The monoisotopic (exact) mass is 336 g/mol. The highest BCUT2D eigenvalue weighted by atomic mass is 19.4. The Morgan fingerprint density at radius 2 is 1.92 bits per heavy atom. The Morgan fingerprint density at radius 3 is 2.54 bits per heavy atom. The van der Waals surface area contributed by atoms with E-state index in [1.165, 1.54) is 37.4 Å². The lowest BCUT2D eigenvalue weighted by atomic mass is 10.00. The van der Waals surface area contributed by atoms with Gasteiger partial charge in [0.25, 0.3) is 0 Å². The Hall–Kier alpha value is -2.83. The number of hydrogen-bond donors (Lipinski definition) is 2.